The molecule has 9 heteroatoms. The average Bonchev–Trinajstić information content (AvgIpc) is 2.64. The highest BCUT2D eigenvalue weighted by Gasteiger charge is 2.20. The lowest BCUT2D eigenvalue weighted by atomic mass is 10.1. The lowest BCUT2D eigenvalue weighted by Gasteiger charge is -2.30. The second-order valence-electron chi connectivity index (χ2n) is 6.74. The minimum atomic E-state index is -3.89. The number of nitrogens with two attached hydrogens (primary N) is 1. The number of carbonyl (C=O) groups excluding carboxylic acids is 1. The number of nitrogens with one attached hydrogen (secondary N) is 1. The Morgan fingerprint density at radius 2 is 1.86 bits per heavy atom. The molecule has 0 atom stereocenters. The van der Waals surface area contributed by atoms with Crippen LogP contribution in [0.3, 0.4) is 0 Å². The van der Waals surface area contributed by atoms with Crippen molar-refractivity contribution in [3.05, 3.63) is 58.4 Å². The molecule has 3 N–H and O–H groups in total. The van der Waals surface area contributed by atoms with Crippen molar-refractivity contribution in [3.8, 4) is 0 Å². The van der Waals surface area contributed by atoms with Gasteiger partial charge in [0.05, 0.1) is 22.7 Å². The van der Waals surface area contributed by atoms with Crippen molar-refractivity contribution in [1.29, 1.82) is 0 Å². The molecule has 0 radical (unpaired) electrons. The summed E-state index contributed by atoms with van der Waals surface area (Å²) in [6.07, 6.45) is 3.09. The molecule has 1 saturated heterocycles. The van der Waals surface area contributed by atoms with Crippen LogP contribution in [0.15, 0.2) is 36.4 Å². The van der Waals surface area contributed by atoms with E-state index in [0.29, 0.717) is 11.3 Å². The molecule has 1 aliphatic rings. The molecule has 2 aromatic carbocycles. The van der Waals surface area contributed by atoms with Gasteiger partial charge in [-0.05, 0) is 55.7 Å². The Balaban J connectivity index is 1.86. The summed E-state index contributed by atoms with van der Waals surface area (Å²) in [4.78, 5) is 13.8. The first-order valence-electron chi connectivity index (χ1n) is 8.88. The lowest BCUT2D eigenvalue weighted by molar-refractivity contribution is 0.100. The fourth-order valence-corrected chi connectivity index (χ4v) is 4.66. The molecule has 0 unspecified atom stereocenters. The van der Waals surface area contributed by atoms with E-state index in [-0.39, 0.29) is 16.3 Å². The predicted molar refractivity (Wildman–Crippen MR) is 109 cm³/mol. The Labute approximate surface area is 168 Å². The quantitative estimate of drug-likeness (QED) is 0.740. The fourth-order valence-electron chi connectivity index (χ4n) is 3.27. The second kappa shape index (κ2) is 8.36. The van der Waals surface area contributed by atoms with Gasteiger partial charge in [-0.25, -0.2) is 12.8 Å². The highest BCUT2D eigenvalue weighted by Crippen LogP contribution is 2.28. The topological polar surface area (TPSA) is 92.5 Å². The molecule has 1 fully saturated rings. The number of rotatable bonds is 6. The molecule has 0 aliphatic carbocycles. The Kier molecular flexibility index (Phi) is 6.10. The van der Waals surface area contributed by atoms with Gasteiger partial charge in [0.15, 0.2) is 0 Å². The number of halogens is 2. The third-order valence-electron chi connectivity index (χ3n) is 4.59. The molecule has 2 aromatic rings. The van der Waals surface area contributed by atoms with Crippen molar-refractivity contribution < 1.29 is 17.6 Å². The van der Waals surface area contributed by atoms with Gasteiger partial charge in [-0.3, -0.25) is 9.52 Å². The largest absolute Gasteiger partial charge is 0.371 e. The first-order chi connectivity index (χ1) is 13.2. The normalized spacial score (nSPS) is 14.7. The summed E-state index contributed by atoms with van der Waals surface area (Å²) >= 11 is 5.83. The monoisotopic (exact) mass is 425 g/mol. The number of amides is 1. The summed E-state index contributed by atoms with van der Waals surface area (Å²) in [7, 11) is -3.89. The number of hydrogen-bond donors (Lipinski definition) is 2. The van der Waals surface area contributed by atoms with Crippen LogP contribution in [0.5, 0.6) is 0 Å². The molecule has 6 nitrogen and oxygen atoms in total. The van der Waals surface area contributed by atoms with Gasteiger partial charge < -0.3 is 10.6 Å². The highest BCUT2D eigenvalue weighted by atomic mass is 35.5. The van der Waals surface area contributed by atoms with Crippen LogP contribution in [0.4, 0.5) is 15.8 Å². The molecule has 0 saturated carbocycles. The molecule has 0 aromatic heterocycles. The fraction of sp³-hybridized carbons (Fsp3) is 0.316. The summed E-state index contributed by atoms with van der Waals surface area (Å²) in [6, 6.07) is 8.34. The van der Waals surface area contributed by atoms with Gasteiger partial charge in [0, 0.05) is 23.7 Å². The van der Waals surface area contributed by atoms with Crippen LogP contribution in [0.25, 0.3) is 0 Å². The van der Waals surface area contributed by atoms with Crippen LogP contribution in [0.2, 0.25) is 5.02 Å². The number of nitrogens with zero attached hydrogens (tertiary/aromatic N) is 1. The van der Waals surface area contributed by atoms with Gasteiger partial charge in [-0.1, -0.05) is 11.6 Å². The maximum absolute atomic E-state index is 13.9. The SMILES string of the molecule is NC(=O)c1ccc(NS(=O)(=O)Cc2cc(Cl)ccc2F)cc1N1CCCCC1. The lowest BCUT2D eigenvalue weighted by Crippen LogP contribution is -2.31. The van der Waals surface area contributed by atoms with E-state index in [1.54, 1.807) is 6.07 Å². The molecule has 3 rings (SSSR count). The number of carbonyl (C=O) groups is 1. The smallest absolute Gasteiger partial charge is 0.250 e. The zero-order chi connectivity index (χ0) is 20.3. The van der Waals surface area contributed by atoms with Crippen LogP contribution in [0, 0.1) is 5.82 Å². The Morgan fingerprint density at radius 3 is 2.54 bits per heavy atom. The molecule has 150 valence electrons. The van der Waals surface area contributed by atoms with Crippen LogP contribution >= 0.6 is 11.6 Å². The molecule has 0 spiro atoms. The van der Waals surface area contributed by atoms with Crippen LogP contribution in [-0.4, -0.2) is 27.4 Å². The first-order valence-corrected chi connectivity index (χ1v) is 10.9. The minimum Gasteiger partial charge on any atom is -0.371 e. The number of benzene rings is 2. The standard InChI is InChI=1S/C19H21ClFN3O3S/c20-14-4-7-17(21)13(10-14)12-28(26,27)23-15-5-6-16(19(22)25)18(11-15)24-8-2-1-3-9-24/h4-7,10-11,23H,1-3,8-9,12H2,(H2,22,25). The summed E-state index contributed by atoms with van der Waals surface area (Å²) < 4.78 is 41.3. The van der Waals surface area contributed by atoms with Crippen molar-refractivity contribution in [2.45, 2.75) is 25.0 Å². The molecular formula is C19H21ClFN3O3S. The van der Waals surface area contributed by atoms with Crippen LogP contribution in [0.1, 0.15) is 35.2 Å². The summed E-state index contributed by atoms with van der Waals surface area (Å²) in [5.74, 6) is -1.78. The van der Waals surface area contributed by atoms with Crippen molar-refractivity contribution >= 4 is 38.9 Å². The maximum atomic E-state index is 13.9. The van der Waals surface area contributed by atoms with E-state index < -0.39 is 27.5 Å². The van der Waals surface area contributed by atoms with Gasteiger partial charge in [0.25, 0.3) is 5.91 Å². The highest BCUT2D eigenvalue weighted by molar-refractivity contribution is 7.91. The van der Waals surface area contributed by atoms with E-state index >= 15 is 0 Å². The first kappa shape index (κ1) is 20.4. The predicted octanol–water partition coefficient (Wildman–Crippen LogP) is 3.51. The number of piperidine rings is 1. The third-order valence-corrected chi connectivity index (χ3v) is 6.06. The molecule has 1 aliphatic heterocycles. The number of primary amides is 1. The molecule has 0 bridgehead atoms. The van der Waals surface area contributed by atoms with Gasteiger partial charge >= 0.3 is 0 Å². The zero-order valence-electron chi connectivity index (χ0n) is 15.1. The average molecular weight is 426 g/mol. The van der Waals surface area contributed by atoms with Crippen molar-refractivity contribution in [1.82, 2.24) is 0 Å². The van der Waals surface area contributed by atoms with Crippen molar-refractivity contribution in [2.75, 3.05) is 22.7 Å². The molecule has 28 heavy (non-hydrogen) atoms. The molecule has 1 amide bonds. The minimum absolute atomic E-state index is 0.0231. The van der Waals surface area contributed by atoms with Crippen LogP contribution < -0.4 is 15.4 Å². The Morgan fingerprint density at radius 1 is 1.14 bits per heavy atom. The van der Waals surface area contributed by atoms with E-state index in [0.717, 1.165) is 38.4 Å². The summed E-state index contributed by atoms with van der Waals surface area (Å²) in [5.41, 5.74) is 6.67. The molecule has 1 heterocycles. The third kappa shape index (κ3) is 4.94. The van der Waals surface area contributed by atoms with E-state index in [4.69, 9.17) is 17.3 Å². The van der Waals surface area contributed by atoms with E-state index in [1.165, 1.54) is 24.3 Å². The Hall–Kier alpha value is -2.32. The van der Waals surface area contributed by atoms with Gasteiger partial charge in [0.1, 0.15) is 5.82 Å². The number of hydrogen-bond acceptors (Lipinski definition) is 4. The van der Waals surface area contributed by atoms with Crippen molar-refractivity contribution in [2.24, 2.45) is 5.73 Å². The van der Waals surface area contributed by atoms with E-state index in [1.807, 2.05) is 4.90 Å². The van der Waals surface area contributed by atoms with Gasteiger partial charge in [-0.2, -0.15) is 0 Å². The van der Waals surface area contributed by atoms with Gasteiger partial charge in [0.2, 0.25) is 10.0 Å². The van der Waals surface area contributed by atoms with Crippen LogP contribution in [-0.2, 0) is 15.8 Å². The summed E-state index contributed by atoms with van der Waals surface area (Å²) in [5, 5.41) is 0.254. The number of anilines is 2. The number of sulfonamides is 1. The van der Waals surface area contributed by atoms with Crippen molar-refractivity contribution in [3.63, 3.8) is 0 Å². The summed E-state index contributed by atoms with van der Waals surface area (Å²) in [6.45, 7) is 1.54. The van der Waals surface area contributed by atoms with E-state index in [9.17, 15) is 17.6 Å². The second-order valence-corrected chi connectivity index (χ2v) is 8.90. The zero-order valence-corrected chi connectivity index (χ0v) is 16.7. The maximum Gasteiger partial charge on any atom is 0.250 e. The Bertz CT molecular complexity index is 992. The van der Waals surface area contributed by atoms with Gasteiger partial charge in [-0.15, -0.1) is 0 Å². The van der Waals surface area contributed by atoms with E-state index in [2.05, 4.69) is 4.72 Å². The molecular weight excluding hydrogens is 405 g/mol.